The van der Waals surface area contributed by atoms with Gasteiger partial charge < -0.3 is 41.9 Å². The molecule has 0 aromatic rings. The Morgan fingerprint density at radius 3 is 0.684 bits per heavy atom. The molecule has 19 heavy (non-hydrogen) atoms. The summed E-state index contributed by atoms with van der Waals surface area (Å²) < 4.78 is 41.2. The van der Waals surface area contributed by atoms with Crippen LogP contribution in [0.2, 0.25) is 0 Å². The van der Waals surface area contributed by atoms with Gasteiger partial charge in [0.2, 0.25) is 0 Å². The molecule has 0 aliphatic heterocycles. The molecular formula is C6H18FeO9P3. The first-order valence-corrected chi connectivity index (χ1v) is 10.2. The maximum Gasteiger partial charge on any atom is 3.00 e. The monoisotopic (exact) mass is 383 g/mol. The molecule has 0 rings (SSSR count). The number of hydrogen-bond acceptors (Lipinski definition) is 9. The maximum atomic E-state index is 9.81. The molecule has 0 aliphatic carbocycles. The summed E-state index contributed by atoms with van der Waals surface area (Å²) in [7, 11) is -6.79. The summed E-state index contributed by atoms with van der Waals surface area (Å²) in [6.45, 7) is 3.06. The molecule has 0 aromatic carbocycles. The Morgan fingerprint density at radius 1 is 0.632 bits per heavy atom. The van der Waals surface area contributed by atoms with Crippen LogP contribution in [-0.4, -0.2) is 41.3 Å². The average Bonchev–Trinajstić information content (AvgIpc) is 2.16. The Kier molecular flexibility index (Phi) is 18.8. The van der Waals surface area contributed by atoms with E-state index in [0.717, 1.165) is 41.3 Å². The number of hydrogen-bond donors (Lipinski definition) is 0. The minimum absolute atomic E-state index is 0. The van der Waals surface area contributed by atoms with Crippen LogP contribution in [-0.2, 0) is 44.3 Å². The summed E-state index contributed by atoms with van der Waals surface area (Å²) in [5.74, 6) is 0. The van der Waals surface area contributed by atoms with Gasteiger partial charge in [0.15, 0.2) is 0 Å². The topological polar surface area (TPSA) is 148 Å². The van der Waals surface area contributed by atoms with Gasteiger partial charge in [0.1, 0.15) is 22.8 Å². The van der Waals surface area contributed by atoms with Crippen molar-refractivity contribution in [3.8, 4) is 0 Å². The molecule has 119 valence electrons. The van der Waals surface area contributed by atoms with Crippen molar-refractivity contribution in [1.29, 1.82) is 0 Å². The molecular weight excluding hydrogens is 365 g/mol. The summed E-state index contributed by atoms with van der Waals surface area (Å²) in [6, 6.07) is 0. The zero-order chi connectivity index (χ0) is 15.6. The van der Waals surface area contributed by atoms with Gasteiger partial charge in [-0.3, -0.25) is 0 Å². The predicted molar refractivity (Wildman–Crippen MR) is 61.6 cm³/mol. The Morgan fingerprint density at radius 2 is 0.684 bits per heavy atom. The molecule has 0 aliphatic rings. The van der Waals surface area contributed by atoms with Crippen LogP contribution in [0.25, 0.3) is 0 Å². The van der Waals surface area contributed by atoms with Crippen molar-refractivity contribution in [2.45, 2.75) is 0 Å². The normalized spacial score (nSPS) is 18.8. The fourth-order valence-corrected chi connectivity index (χ4v) is 0. The van der Waals surface area contributed by atoms with E-state index in [-0.39, 0.29) is 17.1 Å². The minimum Gasteiger partial charge on any atom is -0.779 e. The Bertz CT molecular complexity index is 277. The minimum atomic E-state index is -3.40. The van der Waals surface area contributed by atoms with Crippen molar-refractivity contribution in [3.05, 3.63) is 0 Å². The van der Waals surface area contributed by atoms with Gasteiger partial charge in [0.05, 0.1) is 0 Å². The van der Waals surface area contributed by atoms with Crippen LogP contribution >= 0.6 is 22.8 Å². The van der Waals surface area contributed by atoms with Crippen LogP contribution in [0.15, 0.2) is 0 Å². The first-order chi connectivity index (χ1) is 7.68. The second-order valence-corrected chi connectivity index (χ2v) is 8.59. The molecule has 1 radical (unpaired) electrons. The fraction of sp³-hybridized carbons (Fsp3) is 1.00. The summed E-state index contributed by atoms with van der Waals surface area (Å²) in [5, 5.41) is 0. The molecule has 0 spiro atoms. The largest absolute Gasteiger partial charge is 3.00 e. The van der Waals surface area contributed by atoms with Gasteiger partial charge in [-0.2, -0.15) is 0 Å². The van der Waals surface area contributed by atoms with Gasteiger partial charge >= 0.3 is 17.1 Å². The van der Waals surface area contributed by atoms with Gasteiger partial charge in [-0.1, -0.05) is 0 Å². The van der Waals surface area contributed by atoms with Crippen molar-refractivity contribution in [2.75, 3.05) is 41.3 Å². The molecule has 0 fully saturated rings. The first-order valence-electron chi connectivity index (χ1n) is 4.21. The van der Waals surface area contributed by atoms with Gasteiger partial charge in [0.25, 0.3) is 0 Å². The maximum absolute atomic E-state index is 9.81. The van der Waals surface area contributed by atoms with Crippen LogP contribution in [0, 0.1) is 0 Å². The average molecular weight is 383 g/mol. The summed E-state index contributed by atoms with van der Waals surface area (Å²) >= 11 is 0. The van der Waals surface area contributed by atoms with E-state index in [1.165, 1.54) is 0 Å². The molecule has 0 aromatic heterocycles. The fourth-order valence-electron chi connectivity index (χ4n) is 0. The molecule has 13 heteroatoms. The van der Waals surface area contributed by atoms with Crippen LogP contribution in [0.3, 0.4) is 0 Å². The molecule has 3 unspecified atom stereocenters. The van der Waals surface area contributed by atoms with Crippen molar-refractivity contribution >= 4 is 22.8 Å². The molecule has 0 N–H and O–H groups in total. The Hall–Kier alpha value is 0.969. The molecule has 9 nitrogen and oxygen atoms in total. The number of rotatable bonds is 3. The summed E-state index contributed by atoms with van der Waals surface area (Å²) in [5.41, 5.74) is 0. The zero-order valence-electron chi connectivity index (χ0n) is 11.4. The molecule has 0 heterocycles. The first kappa shape index (κ1) is 28.2. The van der Waals surface area contributed by atoms with E-state index in [2.05, 4.69) is 13.6 Å². The van der Waals surface area contributed by atoms with Crippen molar-refractivity contribution in [2.24, 2.45) is 0 Å². The van der Waals surface area contributed by atoms with E-state index in [0.29, 0.717) is 0 Å². The van der Waals surface area contributed by atoms with Gasteiger partial charge in [-0.05, 0) is 0 Å². The standard InChI is InChI=1S/3C2H7O3P.Fe/c3*1-5-6(2,3)4;/h3*1-2H3,(H,3,4);/q;;;+3/p-3. The molecule has 0 saturated heterocycles. The predicted octanol–water partition coefficient (Wildman–Crippen LogP) is -0.554. The quantitative estimate of drug-likeness (QED) is 0.462. The van der Waals surface area contributed by atoms with Crippen LogP contribution in [0.5, 0.6) is 0 Å². The van der Waals surface area contributed by atoms with E-state index in [1.54, 1.807) is 0 Å². The van der Waals surface area contributed by atoms with E-state index in [1.807, 2.05) is 0 Å². The van der Waals surface area contributed by atoms with Gasteiger partial charge in [0, 0.05) is 41.3 Å². The molecule has 3 atom stereocenters. The second kappa shape index (κ2) is 12.7. The third-order valence-electron chi connectivity index (χ3n) is 0.995. The van der Waals surface area contributed by atoms with Crippen molar-refractivity contribution < 1.29 is 59.0 Å². The van der Waals surface area contributed by atoms with Gasteiger partial charge in [-0.25, -0.2) is 0 Å². The summed E-state index contributed by atoms with van der Waals surface area (Å²) in [4.78, 5) is 29.4. The van der Waals surface area contributed by atoms with Crippen LogP contribution in [0.4, 0.5) is 0 Å². The van der Waals surface area contributed by atoms with Gasteiger partial charge in [-0.15, -0.1) is 0 Å². The smallest absolute Gasteiger partial charge is 0.779 e. The zero-order valence-corrected chi connectivity index (χ0v) is 15.2. The second-order valence-electron chi connectivity index (χ2n) is 2.86. The van der Waals surface area contributed by atoms with Crippen LogP contribution < -0.4 is 14.7 Å². The molecule has 0 saturated carbocycles. The molecule has 0 bridgehead atoms. The van der Waals surface area contributed by atoms with E-state index in [4.69, 9.17) is 0 Å². The van der Waals surface area contributed by atoms with Crippen molar-refractivity contribution in [3.63, 3.8) is 0 Å². The summed E-state index contributed by atoms with van der Waals surface area (Å²) in [6.07, 6.45) is 0. The van der Waals surface area contributed by atoms with E-state index >= 15 is 0 Å². The van der Waals surface area contributed by atoms with Crippen molar-refractivity contribution in [1.82, 2.24) is 0 Å². The van der Waals surface area contributed by atoms with E-state index < -0.39 is 22.8 Å². The van der Waals surface area contributed by atoms with E-state index in [9.17, 15) is 28.4 Å². The van der Waals surface area contributed by atoms with Crippen LogP contribution in [0.1, 0.15) is 0 Å². The Labute approximate surface area is 123 Å². The SMILES string of the molecule is COP(C)(=O)[O-].COP(C)(=O)[O-].COP(C)(=O)[O-].[Fe+3]. The molecule has 0 amide bonds. The third-order valence-corrected chi connectivity index (χ3v) is 2.98. The Balaban J connectivity index is -0.0000000865. The third kappa shape index (κ3) is 55.0.